The number of rotatable bonds is 8. The second kappa shape index (κ2) is 8.38. The number of carbonyl (C=O) groups is 2. The molecule has 3 heterocycles. The first kappa shape index (κ1) is 21.1. The van der Waals surface area contributed by atoms with Crippen molar-refractivity contribution in [1.29, 1.82) is 0 Å². The highest BCUT2D eigenvalue weighted by atomic mass is 16.7. The van der Waals surface area contributed by atoms with Gasteiger partial charge in [-0.3, -0.25) is 10.6 Å². The average molecular weight is 404 g/mol. The van der Waals surface area contributed by atoms with Crippen LogP contribution in [0.1, 0.15) is 52.5 Å². The van der Waals surface area contributed by atoms with Crippen LogP contribution >= 0.6 is 0 Å². The first-order valence-corrected chi connectivity index (χ1v) is 9.87. The van der Waals surface area contributed by atoms with E-state index in [2.05, 4.69) is 36.4 Å². The van der Waals surface area contributed by atoms with E-state index in [9.17, 15) is 9.59 Å². The number of esters is 2. The molecule has 0 amide bonds. The molecule has 3 aliphatic heterocycles. The van der Waals surface area contributed by atoms with Crippen molar-refractivity contribution in [3.05, 3.63) is 17.7 Å². The molecular formula is C20H28N4O5. The van der Waals surface area contributed by atoms with E-state index >= 15 is 0 Å². The molecule has 2 atom stereocenters. The molecule has 2 unspecified atom stereocenters. The molecule has 158 valence electrons. The summed E-state index contributed by atoms with van der Waals surface area (Å²) < 4.78 is 16.2. The molecule has 4 rings (SSSR count). The van der Waals surface area contributed by atoms with Gasteiger partial charge in [-0.25, -0.2) is 14.6 Å². The van der Waals surface area contributed by atoms with Gasteiger partial charge in [-0.1, -0.05) is 25.8 Å². The van der Waals surface area contributed by atoms with Gasteiger partial charge in [0.05, 0.1) is 6.17 Å². The Labute approximate surface area is 170 Å². The zero-order valence-electron chi connectivity index (χ0n) is 17.2. The van der Waals surface area contributed by atoms with Gasteiger partial charge in [0, 0.05) is 25.1 Å². The van der Waals surface area contributed by atoms with Gasteiger partial charge in [0.15, 0.2) is 23.0 Å². The lowest BCUT2D eigenvalue weighted by Crippen LogP contribution is -2.51. The van der Waals surface area contributed by atoms with Gasteiger partial charge < -0.3 is 19.9 Å². The number of hydrogen-bond acceptors (Lipinski definition) is 9. The van der Waals surface area contributed by atoms with Gasteiger partial charge in [0.25, 0.3) is 0 Å². The summed E-state index contributed by atoms with van der Waals surface area (Å²) >= 11 is 0. The van der Waals surface area contributed by atoms with E-state index in [1.165, 1.54) is 6.92 Å². The second-order valence-corrected chi connectivity index (χ2v) is 7.62. The Morgan fingerprint density at radius 3 is 2.66 bits per heavy atom. The minimum absolute atomic E-state index is 0.0645. The molecule has 9 nitrogen and oxygen atoms in total. The van der Waals surface area contributed by atoms with Crippen LogP contribution in [0.4, 0.5) is 5.69 Å². The molecule has 3 aliphatic rings. The fourth-order valence-corrected chi connectivity index (χ4v) is 3.23. The van der Waals surface area contributed by atoms with Crippen LogP contribution in [0.25, 0.3) is 0 Å². The van der Waals surface area contributed by atoms with E-state index in [4.69, 9.17) is 19.9 Å². The third kappa shape index (κ3) is 4.51. The summed E-state index contributed by atoms with van der Waals surface area (Å²) in [6, 6.07) is 3.78. The van der Waals surface area contributed by atoms with Gasteiger partial charge in [-0.05, 0) is 26.3 Å². The first-order chi connectivity index (χ1) is 13.7. The predicted molar refractivity (Wildman–Crippen MR) is 107 cm³/mol. The van der Waals surface area contributed by atoms with Crippen LogP contribution < -0.4 is 25.8 Å². The number of fused-ring (bicyclic) bond motifs is 3. The van der Waals surface area contributed by atoms with E-state index in [-0.39, 0.29) is 23.4 Å². The number of hydrogen-bond donors (Lipinski definition) is 3. The number of ether oxygens (including phenoxy) is 3. The van der Waals surface area contributed by atoms with E-state index in [1.807, 2.05) is 0 Å². The number of carbonyl (C=O) groups excluding carboxylic acids is 2. The smallest absolute Gasteiger partial charge is 0.423 e. The number of nitrogens with two attached hydrogens (primary N) is 1. The highest BCUT2D eigenvalue weighted by Gasteiger charge is 2.44. The monoisotopic (exact) mass is 404 g/mol. The Bertz CT molecular complexity index is 838. The number of amidine groups is 1. The van der Waals surface area contributed by atoms with Crippen LogP contribution in [0, 0.1) is 0 Å². The summed E-state index contributed by atoms with van der Waals surface area (Å²) in [4.78, 5) is 28.6. The van der Waals surface area contributed by atoms with E-state index < -0.39 is 17.7 Å². The Morgan fingerprint density at radius 2 is 1.97 bits per heavy atom. The van der Waals surface area contributed by atoms with Crippen molar-refractivity contribution >= 4 is 23.5 Å². The van der Waals surface area contributed by atoms with Crippen LogP contribution in [0.2, 0.25) is 0 Å². The molecule has 29 heavy (non-hydrogen) atoms. The standard InChI is InChI=1S/C20H28N4O5/c1-5-6-7-14(23-11(2)3)22-10-12-8-9-13-15-16(12)27-17(25)18(26)29-20(4,28-13)19(21)24-15/h8-9,11,14,22-23H,5-7,10H2,1-4H3,(H2,21,24). The van der Waals surface area contributed by atoms with Crippen LogP contribution in [0.15, 0.2) is 17.1 Å². The van der Waals surface area contributed by atoms with Crippen LogP contribution in [0.5, 0.6) is 11.5 Å². The highest BCUT2D eigenvalue weighted by Crippen LogP contribution is 2.45. The third-order valence-electron chi connectivity index (χ3n) is 4.75. The maximum absolute atomic E-state index is 12.2. The third-order valence-corrected chi connectivity index (χ3v) is 4.75. The number of benzene rings is 1. The predicted octanol–water partition coefficient (Wildman–Crippen LogP) is 1.85. The summed E-state index contributed by atoms with van der Waals surface area (Å²) in [6.45, 7) is 8.13. The van der Waals surface area contributed by atoms with Gasteiger partial charge in [-0.15, -0.1) is 0 Å². The maximum Gasteiger partial charge on any atom is 0.423 e. The molecule has 0 saturated carbocycles. The van der Waals surface area contributed by atoms with Crippen molar-refractivity contribution < 1.29 is 23.8 Å². The Kier molecular flexibility index (Phi) is 6.09. The molecule has 0 fully saturated rings. The summed E-state index contributed by atoms with van der Waals surface area (Å²) in [6.07, 6.45) is 3.20. The van der Waals surface area contributed by atoms with E-state index in [1.54, 1.807) is 12.1 Å². The molecule has 0 spiro atoms. The number of unbranched alkanes of at least 4 members (excludes halogenated alkanes) is 1. The van der Waals surface area contributed by atoms with Crippen molar-refractivity contribution in [2.45, 2.75) is 71.5 Å². The number of aliphatic imine (C=N–C) groups is 1. The molecule has 1 aromatic carbocycles. The highest BCUT2D eigenvalue weighted by molar-refractivity contribution is 6.31. The molecule has 0 saturated heterocycles. The van der Waals surface area contributed by atoms with E-state index in [0.29, 0.717) is 23.9 Å². The zero-order valence-corrected chi connectivity index (χ0v) is 17.2. The Balaban J connectivity index is 1.91. The van der Waals surface area contributed by atoms with Gasteiger partial charge in [0.2, 0.25) is 0 Å². The lowest BCUT2D eigenvalue weighted by Gasteiger charge is -2.31. The second-order valence-electron chi connectivity index (χ2n) is 7.62. The fourth-order valence-electron chi connectivity index (χ4n) is 3.23. The topological polar surface area (TPSA) is 124 Å². The minimum Gasteiger partial charge on any atom is -0.443 e. The van der Waals surface area contributed by atoms with Crippen molar-refractivity contribution in [3.8, 4) is 11.5 Å². The Morgan fingerprint density at radius 1 is 1.21 bits per heavy atom. The normalized spacial score (nSPS) is 21.5. The summed E-state index contributed by atoms with van der Waals surface area (Å²) in [5.74, 6) is -3.59. The summed E-state index contributed by atoms with van der Waals surface area (Å²) in [7, 11) is 0. The maximum atomic E-state index is 12.2. The van der Waals surface area contributed by atoms with Gasteiger partial charge in [-0.2, -0.15) is 0 Å². The summed E-state index contributed by atoms with van der Waals surface area (Å²) in [5.41, 5.74) is 6.88. The average Bonchev–Trinajstić information content (AvgIpc) is 2.69. The summed E-state index contributed by atoms with van der Waals surface area (Å²) in [5, 5.41) is 6.92. The SMILES string of the molecule is CCCCC(NCc1ccc2c3c1OC(=O)C(=O)OC(C)(O2)C(N)=N3)NC(C)C. The molecule has 9 heteroatoms. The van der Waals surface area contributed by atoms with Crippen molar-refractivity contribution in [2.75, 3.05) is 0 Å². The molecule has 4 bridgehead atoms. The molecule has 0 aliphatic carbocycles. The largest absolute Gasteiger partial charge is 0.443 e. The zero-order chi connectivity index (χ0) is 21.2. The molecule has 0 radical (unpaired) electrons. The van der Waals surface area contributed by atoms with Gasteiger partial charge >= 0.3 is 17.7 Å². The quantitative estimate of drug-likeness (QED) is 0.259. The lowest BCUT2D eigenvalue weighted by atomic mass is 10.1. The lowest BCUT2D eigenvalue weighted by molar-refractivity contribution is -0.182. The molecule has 0 aromatic heterocycles. The minimum atomic E-state index is -1.66. The van der Waals surface area contributed by atoms with Crippen molar-refractivity contribution in [2.24, 2.45) is 10.7 Å². The van der Waals surface area contributed by atoms with Crippen LogP contribution in [-0.2, 0) is 20.9 Å². The van der Waals surface area contributed by atoms with Gasteiger partial charge in [0.1, 0.15) is 0 Å². The Hall–Kier alpha value is -2.65. The van der Waals surface area contributed by atoms with Crippen molar-refractivity contribution in [1.82, 2.24) is 10.6 Å². The van der Waals surface area contributed by atoms with Crippen LogP contribution in [-0.4, -0.2) is 35.8 Å². The number of nitrogens with one attached hydrogen (secondary N) is 2. The molecule has 4 N–H and O–H groups in total. The van der Waals surface area contributed by atoms with Crippen LogP contribution in [0.3, 0.4) is 0 Å². The number of nitrogens with zero attached hydrogens (tertiary/aromatic N) is 1. The van der Waals surface area contributed by atoms with Crippen molar-refractivity contribution in [3.63, 3.8) is 0 Å². The first-order valence-electron chi connectivity index (χ1n) is 9.87. The molecule has 1 aromatic rings. The molecular weight excluding hydrogens is 376 g/mol. The fraction of sp³-hybridized carbons (Fsp3) is 0.550. The van der Waals surface area contributed by atoms with E-state index in [0.717, 1.165) is 19.3 Å².